The highest BCUT2D eigenvalue weighted by Gasteiger charge is 2.42. The summed E-state index contributed by atoms with van der Waals surface area (Å²) in [6.45, 7) is 9.13. The SMILES string of the molecule is CC(C)Cn1nnnc1SC(C)C(=O)NC(C)C1CC2CCC1C2. The number of thioether (sulfide) groups is 1. The summed E-state index contributed by atoms with van der Waals surface area (Å²) in [5, 5.41) is 15.6. The summed E-state index contributed by atoms with van der Waals surface area (Å²) in [6, 6.07) is 0.266. The molecule has 7 heteroatoms. The predicted octanol–water partition coefficient (Wildman–Crippen LogP) is 2.75. The Labute approximate surface area is 148 Å². The first-order chi connectivity index (χ1) is 11.4. The maximum atomic E-state index is 12.6. The van der Waals surface area contributed by atoms with E-state index in [1.165, 1.54) is 37.4 Å². The lowest BCUT2D eigenvalue weighted by Crippen LogP contribution is -2.43. The molecule has 5 unspecified atom stereocenters. The first-order valence-corrected chi connectivity index (χ1v) is 10.0. The van der Waals surface area contributed by atoms with Crippen LogP contribution >= 0.6 is 11.8 Å². The van der Waals surface area contributed by atoms with Crippen molar-refractivity contribution in [3.63, 3.8) is 0 Å². The smallest absolute Gasteiger partial charge is 0.233 e. The fourth-order valence-electron chi connectivity index (χ4n) is 4.31. The number of nitrogens with one attached hydrogen (secondary N) is 1. The summed E-state index contributed by atoms with van der Waals surface area (Å²) in [5.41, 5.74) is 0. The molecule has 6 nitrogen and oxygen atoms in total. The van der Waals surface area contributed by atoms with Crippen LogP contribution in [0.5, 0.6) is 0 Å². The topological polar surface area (TPSA) is 72.7 Å². The van der Waals surface area contributed by atoms with Crippen LogP contribution in [0.25, 0.3) is 0 Å². The molecule has 1 aromatic rings. The van der Waals surface area contributed by atoms with E-state index >= 15 is 0 Å². The molecule has 0 aromatic carbocycles. The zero-order valence-corrected chi connectivity index (χ0v) is 15.9. The molecule has 3 rings (SSSR count). The third kappa shape index (κ3) is 3.92. The van der Waals surface area contributed by atoms with Crippen LogP contribution in [0.2, 0.25) is 0 Å². The number of carbonyl (C=O) groups is 1. The van der Waals surface area contributed by atoms with Gasteiger partial charge in [0.2, 0.25) is 11.1 Å². The third-order valence-corrected chi connectivity index (χ3v) is 6.56. The van der Waals surface area contributed by atoms with Crippen LogP contribution in [0.1, 0.15) is 53.4 Å². The van der Waals surface area contributed by atoms with Crippen molar-refractivity contribution in [1.82, 2.24) is 25.5 Å². The van der Waals surface area contributed by atoms with Gasteiger partial charge in [-0.05, 0) is 67.2 Å². The minimum absolute atomic E-state index is 0.0920. The molecule has 0 radical (unpaired) electrons. The summed E-state index contributed by atoms with van der Waals surface area (Å²) in [5.74, 6) is 2.96. The summed E-state index contributed by atoms with van der Waals surface area (Å²) in [7, 11) is 0. The monoisotopic (exact) mass is 351 g/mol. The third-order valence-electron chi connectivity index (χ3n) is 5.49. The van der Waals surface area contributed by atoms with Crippen LogP contribution in [-0.4, -0.2) is 37.4 Å². The maximum Gasteiger partial charge on any atom is 0.233 e. The van der Waals surface area contributed by atoms with E-state index in [-0.39, 0.29) is 17.2 Å². The van der Waals surface area contributed by atoms with Gasteiger partial charge in [-0.25, -0.2) is 4.68 Å². The van der Waals surface area contributed by atoms with E-state index in [4.69, 9.17) is 0 Å². The second kappa shape index (κ2) is 7.42. The number of aromatic nitrogens is 4. The quantitative estimate of drug-likeness (QED) is 0.765. The number of rotatable bonds is 7. The standard InChI is InChI=1S/C17H29N5OS/c1-10(2)9-22-17(19-20-21-22)24-12(4)16(23)18-11(3)15-8-13-5-6-14(15)7-13/h10-15H,5-9H2,1-4H3,(H,18,23). The van der Waals surface area contributed by atoms with Gasteiger partial charge < -0.3 is 5.32 Å². The molecule has 0 saturated heterocycles. The van der Waals surface area contributed by atoms with E-state index in [0.717, 1.165) is 23.5 Å². The molecule has 5 atom stereocenters. The number of carbonyl (C=O) groups excluding carboxylic acids is 1. The van der Waals surface area contributed by atoms with E-state index in [1.54, 1.807) is 4.68 Å². The highest BCUT2D eigenvalue weighted by Crippen LogP contribution is 2.49. The lowest BCUT2D eigenvalue weighted by molar-refractivity contribution is -0.121. The van der Waals surface area contributed by atoms with Gasteiger partial charge >= 0.3 is 0 Å². The minimum atomic E-state index is -0.192. The van der Waals surface area contributed by atoms with Crippen molar-refractivity contribution in [3.8, 4) is 0 Å². The van der Waals surface area contributed by atoms with Crippen LogP contribution in [0.15, 0.2) is 5.16 Å². The normalized spacial score (nSPS) is 28.3. The van der Waals surface area contributed by atoms with Crippen LogP contribution < -0.4 is 5.32 Å². The molecule has 0 aliphatic heterocycles. The van der Waals surface area contributed by atoms with Crippen molar-refractivity contribution < 1.29 is 4.79 Å². The number of nitrogens with zero attached hydrogens (tertiary/aromatic N) is 4. The molecule has 2 aliphatic rings. The average Bonchev–Trinajstić information content (AvgIpc) is 3.24. The fraction of sp³-hybridized carbons (Fsp3) is 0.882. The molecule has 1 amide bonds. The molecule has 134 valence electrons. The molecule has 2 fully saturated rings. The molecule has 1 aromatic heterocycles. The van der Waals surface area contributed by atoms with Crippen LogP contribution in [0.3, 0.4) is 0 Å². The van der Waals surface area contributed by atoms with Gasteiger partial charge in [0.25, 0.3) is 0 Å². The van der Waals surface area contributed by atoms with Crippen LogP contribution in [-0.2, 0) is 11.3 Å². The Morgan fingerprint density at radius 3 is 2.71 bits per heavy atom. The van der Waals surface area contributed by atoms with Crippen molar-refractivity contribution in [2.75, 3.05) is 0 Å². The van der Waals surface area contributed by atoms with E-state index < -0.39 is 0 Å². The Morgan fingerprint density at radius 2 is 2.08 bits per heavy atom. The molecule has 0 spiro atoms. The summed E-state index contributed by atoms with van der Waals surface area (Å²) in [6.07, 6.45) is 5.41. The summed E-state index contributed by atoms with van der Waals surface area (Å²) in [4.78, 5) is 12.6. The number of hydrogen-bond acceptors (Lipinski definition) is 5. The van der Waals surface area contributed by atoms with Gasteiger partial charge in [0.05, 0.1) is 5.25 Å². The summed E-state index contributed by atoms with van der Waals surface area (Å²) < 4.78 is 1.79. The fourth-order valence-corrected chi connectivity index (χ4v) is 5.12. The van der Waals surface area contributed by atoms with E-state index in [2.05, 4.69) is 41.6 Å². The molecule has 1 N–H and O–H groups in total. The van der Waals surface area contributed by atoms with Gasteiger partial charge in [-0.3, -0.25) is 4.79 Å². The first-order valence-electron chi connectivity index (χ1n) is 9.17. The number of fused-ring (bicyclic) bond motifs is 2. The largest absolute Gasteiger partial charge is 0.352 e. The molecule has 24 heavy (non-hydrogen) atoms. The van der Waals surface area contributed by atoms with Gasteiger partial charge in [-0.2, -0.15) is 0 Å². The second-order valence-electron chi connectivity index (χ2n) is 7.93. The average molecular weight is 352 g/mol. The Kier molecular flexibility index (Phi) is 5.47. The second-order valence-corrected chi connectivity index (χ2v) is 9.24. The van der Waals surface area contributed by atoms with Gasteiger partial charge in [-0.1, -0.05) is 32.0 Å². The van der Waals surface area contributed by atoms with E-state index in [1.807, 2.05) is 6.92 Å². The summed E-state index contributed by atoms with van der Waals surface area (Å²) >= 11 is 1.44. The van der Waals surface area contributed by atoms with Gasteiger partial charge in [0.15, 0.2) is 0 Å². The lowest BCUT2D eigenvalue weighted by atomic mass is 9.84. The number of amides is 1. The van der Waals surface area contributed by atoms with Crippen molar-refractivity contribution in [2.45, 2.75) is 76.4 Å². The molecular formula is C17H29N5OS. The molecular weight excluding hydrogens is 322 g/mol. The Balaban J connectivity index is 1.52. The first kappa shape index (κ1) is 17.7. The lowest BCUT2D eigenvalue weighted by Gasteiger charge is -2.29. The van der Waals surface area contributed by atoms with Crippen molar-refractivity contribution in [3.05, 3.63) is 0 Å². The molecule has 2 aliphatic carbocycles. The number of hydrogen-bond donors (Lipinski definition) is 1. The Hall–Kier alpha value is -1.11. The van der Waals surface area contributed by atoms with Gasteiger partial charge in [0.1, 0.15) is 0 Å². The van der Waals surface area contributed by atoms with Crippen molar-refractivity contribution in [2.24, 2.45) is 23.7 Å². The van der Waals surface area contributed by atoms with E-state index in [0.29, 0.717) is 11.8 Å². The van der Waals surface area contributed by atoms with E-state index in [9.17, 15) is 4.79 Å². The predicted molar refractivity (Wildman–Crippen MR) is 94.5 cm³/mol. The zero-order valence-electron chi connectivity index (χ0n) is 15.1. The zero-order chi connectivity index (χ0) is 17.3. The van der Waals surface area contributed by atoms with Crippen LogP contribution in [0, 0.1) is 23.7 Å². The number of tetrazole rings is 1. The molecule has 1 heterocycles. The highest BCUT2D eigenvalue weighted by molar-refractivity contribution is 8.00. The molecule has 2 bridgehead atoms. The molecule has 2 saturated carbocycles. The Morgan fingerprint density at radius 1 is 1.29 bits per heavy atom. The minimum Gasteiger partial charge on any atom is -0.352 e. The van der Waals surface area contributed by atoms with Crippen LogP contribution in [0.4, 0.5) is 0 Å². The van der Waals surface area contributed by atoms with Crippen molar-refractivity contribution >= 4 is 17.7 Å². The highest BCUT2D eigenvalue weighted by atomic mass is 32.2. The van der Waals surface area contributed by atoms with Gasteiger partial charge in [0, 0.05) is 12.6 Å². The maximum absolute atomic E-state index is 12.6. The van der Waals surface area contributed by atoms with Crippen molar-refractivity contribution in [1.29, 1.82) is 0 Å². The Bertz CT molecular complexity index is 575. The van der Waals surface area contributed by atoms with Gasteiger partial charge in [-0.15, -0.1) is 5.10 Å².